The van der Waals surface area contributed by atoms with E-state index in [0.717, 1.165) is 19.3 Å². The fourth-order valence-electron chi connectivity index (χ4n) is 2.58. The number of amides is 1. The maximum atomic E-state index is 12.3. The summed E-state index contributed by atoms with van der Waals surface area (Å²) in [6, 6.07) is 8.95. The van der Waals surface area contributed by atoms with Crippen LogP contribution in [0.15, 0.2) is 24.3 Å². The molecule has 1 aliphatic carbocycles. The minimum absolute atomic E-state index is 0.0105. The first-order valence-corrected chi connectivity index (χ1v) is 6.91. The van der Waals surface area contributed by atoms with E-state index in [9.17, 15) is 14.9 Å². The number of Topliss-reactive ketones (excluding diaryl/α,β-unsaturated/α-hetero) is 1. The standard InChI is InChI=1S/C16H18N2O2/c1-12(19)13-5-7-14(8-6-13)18-15(20)16(11-17)9-3-2-4-10-16/h5-8H,2-4,9-10H2,1H3,(H,18,20). The summed E-state index contributed by atoms with van der Waals surface area (Å²) in [6.45, 7) is 1.50. The normalized spacial score (nSPS) is 17.0. The molecular weight excluding hydrogens is 252 g/mol. The van der Waals surface area contributed by atoms with Crippen molar-refractivity contribution in [1.82, 2.24) is 0 Å². The van der Waals surface area contributed by atoms with Crippen LogP contribution in [0.2, 0.25) is 0 Å². The van der Waals surface area contributed by atoms with E-state index in [1.54, 1.807) is 24.3 Å². The zero-order valence-electron chi connectivity index (χ0n) is 11.6. The molecule has 0 heterocycles. The van der Waals surface area contributed by atoms with Crippen molar-refractivity contribution in [2.24, 2.45) is 5.41 Å². The Morgan fingerprint density at radius 2 is 1.75 bits per heavy atom. The van der Waals surface area contributed by atoms with Gasteiger partial charge in [0, 0.05) is 11.3 Å². The van der Waals surface area contributed by atoms with Crippen molar-refractivity contribution in [3.63, 3.8) is 0 Å². The fourth-order valence-corrected chi connectivity index (χ4v) is 2.58. The first-order valence-electron chi connectivity index (χ1n) is 6.91. The molecule has 104 valence electrons. The molecule has 1 aliphatic rings. The number of benzene rings is 1. The first kappa shape index (κ1) is 14.3. The molecule has 0 radical (unpaired) electrons. The van der Waals surface area contributed by atoms with Gasteiger partial charge in [0.05, 0.1) is 6.07 Å². The predicted octanol–water partition coefficient (Wildman–Crippen LogP) is 3.30. The molecule has 1 aromatic rings. The molecule has 1 amide bonds. The average Bonchev–Trinajstić information content (AvgIpc) is 2.48. The van der Waals surface area contributed by atoms with Crippen LogP contribution in [0.25, 0.3) is 0 Å². The Kier molecular flexibility index (Phi) is 4.19. The van der Waals surface area contributed by atoms with Crippen LogP contribution in [0.5, 0.6) is 0 Å². The Bertz CT molecular complexity index is 549. The van der Waals surface area contributed by atoms with Crippen molar-refractivity contribution < 1.29 is 9.59 Å². The number of nitrogens with one attached hydrogen (secondary N) is 1. The Morgan fingerprint density at radius 3 is 2.25 bits per heavy atom. The van der Waals surface area contributed by atoms with Gasteiger partial charge in [-0.05, 0) is 44.0 Å². The van der Waals surface area contributed by atoms with Crippen molar-refractivity contribution in [3.8, 4) is 6.07 Å². The van der Waals surface area contributed by atoms with Crippen molar-refractivity contribution >= 4 is 17.4 Å². The molecule has 0 bridgehead atoms. The second-order valence-electron chi connectivity index (χ2n) is 5.34. The van der Waals surface area contributed by atoms with E-state index in [4.69, 9.17) is 0 Å². The Hall–Kier alpha value is -2.15. The number of carbonyl (C=O) groups is 2. The van der Waals surface area contributed by atoms with E-state index >= 15 is 0 Å². The van der Waals surface area contributed by atoms with Gasteiger partial charge in [0.15, 0.2) is 5.78 Å². The minimum Gasteiger partial charge on any atom is -0.325 e. The smallest absolute Gasteiger partial charge is 0.244 e. The van der Waals surface area contributed by atoms with Crippen molar-refractivity contribution in [3.05, 3.63) is 29.8 Å². The van der Waals surface area contributed by atoms with Gasteiger partial charge in [0.2, 0.25) is 5.91 Å². The molecule has 0 aromatic heterocycles. The van der Waals surface area contributed by atoms with Crippen LogP contribution in [-0.2, 0) is 4.79 Å². The summed E-state index contributed by atoms with van der Waals surface area (Å²) in [4.78, 5) is 23.5. The van der Waals surface area contributed by atoms with E-state index in [2.05, 4.69) is 11.4 Å². The van der Waals surface area contributed by atoms with Gasteiger partial charge in [0.25, 0.3) is 0 Å². The molecule has 0 atom stereocenters. The molecule has 4 nitrogen and oxygen atoms in total. The Balaban J connectivity index is 2.10. The van der Waals surface area contributed by atoms with Crippen LogP contribution in [0.1, 0.15) is 49.4 Å². The van der Waals surface area contributed by atoms with Gasteiger partial charge >= 0.3 is 0 Å². The van der Waals surface area contributed by atoms with Crippen molar-refractivity contribution in [2.45, 2.75) is 39.0 Å². The highest BCUT2D eigenvalue weighted by Gasteiger charge is 2.39. The lowest BCUT2D eigenvalue weighted by Gasteiger charge is -2.29. The quantitative estimate of drug-likeness (QED) is 0.857. The third kappa shape index (κ3) is 2.88. The van der Waals surface area contributed by atoms with Gasteiger partial charge in [-0.3, -0.25) is 9.59 Å². The van der Waals surface area contributed by atoms with E-state index in [0.29, 0.717) is 24.1 Å². The zero-order valence-corrected chi connectivity index (χ0v) is 11.6. The molecule has 1 aromatic carbocycles. The summed E-state index contributed by atoms with van der Waals surface area (Å²) in [6.07, 6.45) is 4.18. The molecule has 1 N–H and O–H groups in total. The second-order valence-corrected chi connectivity index (χ2v) is 5.34. The highest BCUT2D eigenvalue weighted by atomic mass is 16.2. The second kappa shape index (κ2) is 5.87. The molecular formula is C16H18N2O2. The zero-order chi connectivity index (χ0) is 14.6. The number of nitriles is 1. The molecule has 0 unspecified atom stereocenters. The molecule has 0 spiro atoms. The van der Waals surface area contributed by atoms with Crippen molar-refractivity contribution in [1.29, 1.82) is 5.26 Å². The summed E-state index contributed by atoms with van der Waals surface area (Å²) in [5.41, 5.74) is 0.341. The number of nitrogens with zero attached hydrogens (tertiary/aromatic N) is 1. The average molecular weight is 270 g/mol. The van der Waals surface area contributed by atoms with Gasteiger partial charge in [-0.2, -0.15) is 5.26 Å². The van der Waals surface area contributed by atoms with E-state index in [1.807, 2.05) is 0 Å². The summed E-state index contributed by atoms with van der Waals surface area (Å²) in [7, 11) is 0. The maximum Gasteiger partial charge on any atom is 0.244 e. The molecule has 2 rings (SSSR count). The monoisotopic (exact) mass is 270 g/mol. The van der Waals surface area contributed by atoms with Gasteiger partial charge in [-0.25, -0.2) is 0 Å². The maximum absolute atomic E-state index is 12.3. The number of hydrogen-bond donors (Lipinski definition) is 1. The Morgan fingerprint density at radius 1 is 1.15 bits per heavy atom. The lowest BCUT2D eigenvalue weighted by molar-refractivity contribution is -0.124. The lowest BCUT2D eigenvalue weighted by atomic mass is 9.74. The van der Waals surface area contributed by atoms with Gasteiger partial charge in [-0.15, -0.1) is 0 Å². The molecule has 0 saturated heterocycles. The fraction of sp³-hybridized carbons (Fsp3) is 0.438. The number of carbonyl (C=O) groups excluding carboxylic acids is 2. The number of anilines is 1. The van der Waals surface area contributed by atoms with E-state index in [-0.39, 0.29) is 11.7 Å². The highest BCUT2D eigenvalue weighted by molar-refractivity contribution is 5.98. The largest absolute Gasteiger partial charge is 0.325 e. The molecule has 4 heteroatoms. The van der Waals surface area contributed by atoms with Crippen LogP contribution >= 0.6 is 0 Å². The third-order valence-corrected chi connectivity index (χ3v) is 3.91. The van der Waals surface area contributed by atoms with Gasteiger partial charge in [-0.1, -0.05) is 19.3 Å². The highest BCUT2D eigenvalue weighted by Crippen LogP contribution is 2.36. The van der Waals surface area contributed by atoms with Crippen molar-refractivity contribution in [2.75, 3.05) is 5.32 Å². The summed E-state index contributed by atoms with van der Waals surface area (Å²) >= 11 is 0. The third-order valence-electron chi connectivity index (χ3n) is 3.91. The Labute approximate surface area is 118 Å². The van der Waals surface area contributed by atoms with Crippen LogP contribution in [0, 0.1) is 16.7 Å². The summed E-state index contributed by atoms with van der Waals surface area (Å²) in [5, 5.41) is 12.1. The number of ketones is 1. The van der Waals surface area contributed by atoms with Crippen LogP contribution < -0.4 is 5.32 Å². The minimum atomic E-state index is -0.891. The van der Waals surface area contributed by atoms with E-state index < -0.39 is 5.41 Å². The topological polar surface area (TPSA) is 70.0 Å². The van der Waals surface area contributed by atoms with Crippen LogP contribution in [0.4, 0.5) is 5.69 Å². The van der Waals surface area contributed by atoms with Gasteiger partial charge < -0.3 is 5.32 Å². The molecule has 20 heavy (non-hydrogen) atoms. The number of rotatable bonds is 3. The number of hydrogen-bond acceptors (Lipinski definition) is 3. The predicted molar refractivity (Wildman–Crippen MR) is 76.2 cm³/mol. The van der Waals surface area contributed by atoms with Crippen LogP contribution in [-0.4, -0.2) is 11.7 Å². The molecule has 1 fully saturated rings. The van der Waals surface area contributed by atoms with Crippen LogP contribution in [0.3, 0.4) is 0 Å². The summed E-state index contributed by atoms with van der Waals surface area (Å²) in [5.74, 6) is -0.237. The molecule has 0 aliphatic heterocycles. The first-order chi connectivity index (χ1) is 9.57. The van der Waals surface area contributed by atoms with Gasteiger partial charge in [0.1, 0.15) is 5.41 Å². The SMILES string of the molecule is CC(=O)c1ccc(NC(=O)C2(C#N)CCCCC2)cc1. The summed E-state index contributed by atoms with van der Waals surface area (Å²) < 4.78 is 0. The molecule has 1 saturated carbocycles. The lowest BCUT2D eigenvalue weighted by Crippen LogP contribution is -2.36. The van der Waals surface area contributed by atoms with E-state index in [1.165, 1.54) is 6.92 Å².